The summed E-state index contributed by atoms with van der Waals surface area (Å²) in [5.41, 5.74) is 2.73. The number of aryl methyl sites for hydroxylation is 3. The molecule has 14 heavy (non-hydrogen) atoms. The van der Waals surface area contributed by atoms with Crippen LogP contribution in [0.5, 0.6) is 0 Å². The normalized spacial score (nSPS) is 10.5. The first-order chi connectivity index (χ1) is 6.68. The Morgan fingerprint density at radius 1 is 1.14 bits per heavy atom. The Labute approximate surface area is 81.8 Å². The highest BCUT2D eigenvalue weighted by atomic mass is 15.2. The van der Waals surface area contributed by atoms with E-state index in [4.69, 9.17) is 0 Å². The van der Waals surface area contributed by atoms with E-state index in [9.17, 15) is 0 Å². The molecule has 0 radical (unpaired) electrons. The van der Waals surface area contributed by atoms with Gasteiger partial charge in [-0.3, -0.25) is 0 Å². The van der Waals surface area contributed by atoms with Crippen LogP contribution in [0.2, 0.25) is 0 Å². The maximum Gasteiger partial charge on any atom is 0.165 e. The second-order valence-electron chi connectivity index (χ2n) is 3.25. The minimum absolute atomic E-state index is 0.820. The van der Waals surface area contributed by atoms with Crippen molar-refractivity contribution in [2.45, 2.75) is 13.8 Å². The van der Waals surface area contributed by atoms with Crippen LogP contribution >= 0.6 is 0 Å². The van der Waals surface area contributed by atoms with Gasteiger partial charge in [0.25, 0.3) is 0 Å². The summed E-state index contributed by atoms with van der Waals surface area (Å²) in [6.45, 7) is 3.82. The van der Waals surface area contributed by atoms with E-state index in [1.807, 2.05) is 31.5 Å². The van der Waals surface area contributed by atoms with Gasteiger partial charge in [-0.15, -0.1) is 10.2 Å². The predicted octanol–water partition coefficient (Wildman–Crippen LogP) is 0.889. The van der Waals surface area contributed by atoms with Crippen LogP contribution in [-0.2, 0) is 7.05 Å². The van der Waals surface area contributed by atoms with E-state index in [2.05, 4.69) is 20.4 Å². The Hall–Kier alpha value is -1.78. The van der Waals surface area contributed by atoms with Crippen LogP contribution in [0.3, 0.4) is 0 Å². The molecule has 0 amide bonds. The Morgan fingerprint density at radius 2 is 1.93 bits per heavy atom. The van der Waals surface area contributed by atoms with Crippen LogP contribution in [0.15, 0.2) is 12.4 Å². The first-order valence-electron chi connectivity index (χ1n) is 4.34. The molecule has 5 heteroatoms. The fourth-order valence-corrected chi connectivity index (χ4v) is 1.30. The maximum atomic E-state index is 4.04. The van der Waals surface area contributed by atoms with Gasteiger partial charge in [0.05, 0.1) is 11.4 Å². The quantitative estimate of drug-likeness (QED) is 0.668. The van der Waals surface area contributed by atoms with E-state index in [1.165, 1.54) is 0 Å². The van der Waals surface area contributed by atoms with Crippen molar-refractivity contribution >= 4 is 0 Å². The molecule has 0 bridgehead atoms. The van der Waals surface area contributed by atoms with Crippen LogP contribution in [0.1, 0.15) is 11.4 Å². The predicted molar refractivity (Wildman–Crippen MR) is 51.5 cm³/mol. The molecule has 2 heterocycles. The monoisotopic (exact) mass is 189 g/mol. The third kappa shape index (κ3) is 1.37. The van der Waals surface area contributed by atoms with E-state index < -0.39 is 0 Å². The average Bonchev–Trinajstić information content (AvgIpc) is 2.56. The van der Waals surface area contributed by atoms with Gasteiger partial charge in [0.15, 0.2) is 5.82 Å². The Bertz CT molecular complexity index is 460. The van der Waals surface area contributed by atoms with Gasteiger partial charge in [-0.2, -0.15) is 10.2 Å². The third-order valence-electron chi connectivity index (χ3n) is 2.05. The molecule has 5 nitrogen and oxygen atoms in total. The lowest BCUT2D eigenvalue weighted by Gasteiger charge is -2.03. The van der Waals surface area contributed by atoms with Crippen molar-refractivity contribution in [1.29, 1.82) is 0 Å². The van der Waals surface area contributed by atoms with Gasteiger partial charge in [0.2, 0.25) is 0 Å². The molecule has 2 aromatic heterocycles. The van der Waals surface area contributed by atoms with E-state index in [0.717, 1.165) is 22.8 Å². The molecule has 0 saturated carbocycles. The van der Waals surface area contributed by atoms with Crippen LogP contribution in [0.4, 0.5) is 0 Å². The van der Waals surface area contributed by atoms with E-state index in [1.54, 1.807) is 6.33 Å². The van der Waals surface area contributed by atoms with Crippen LogP contribution in [0, 0.1) is 13.8 Å². The lowest BCUT2D eigenvalue weighted by Crippen LogP contribution is -1.98. The highest BCUT2D eigenvalue weighted by Crippen LogP contribution is 2.18. The highest BCUT2D eigenvalue weighted by Gasteiger charge is 2.09. The first-order valence-corrected chi connectivity index (χ1v) is 4.34. The second kappa shape index (κ2) is 3.17. The molecular formula is C9H11N5. The number of nitrogens with zero attached hydrogens (tertiary/aromatic N) is 5. The largest absolute Gasteiger partial charge is 0.317 e. The molecule has 0 unspecified atom stereocenters. The number of hydrogen-bond acceptors (Lipinski definition) is 4. The summed E-state index contributed by atoms with van der Waals surface area (Å²) >= 11 is 0. The fraction of sp³-hybridized carbons (Fsp3) is 0.333. The van der Waals surface area contributed by atoms with Crippen molar-refractivity contribution in [3.8, 4) is 11.4 Å². The van der Waals surface area contributed by atoms with Gasteiger partial charge >= 0.3 is 0 Å². The van der Waals surface area contributed by atoms with Crippen LogP contribution < -0.4 is 0 Å². The lowest BCUT2D eigenvalue weighted by atomic mass is 10.2. The van der Waals surface area contributed by atoms with Crippen molar-refractivity contribution in [3.05, 3.63) is 23.8 Å². The van der Waals surface area contributed by atoms with Crippen molar-refractivity contribution in [2.75, 3.05) is 0 Å². The summed E-state index contributed by atoms with van der Waals surface area (Å²) < 4.78 is 1.86. The lowest BCUT2D eigenvalue weighted by molar-refractivity contribution is 0.898. The molecule has 0 aliphatic rings. The molecule has 0 fully saturated rings. The Morgan fingerprint density at radius 3 is 2.57 bits per heavy atom. The Balaban J connectivity index is 2.62. The molecule has 0 N–H and O–H groups in total. The molecule has 72 valence electrons. The molecule has 2 rings (SSSR count). The summed E-state index contributed by atoms with van der Waals surface area (Å²) in [6, 6.07) is 1.96. The standard InChI is InChI=1S/C9H11N5/c1-6-4-8(7(2)12-11-6)9-13-10-5-14(9)3/h4-5H,1-3H3. The molecular weight excluding hydrogens is 178 g/mol. The SMILES string of the molecule is Cc1cc(-c2nncn2C)c(C)nn1. The zero-order valence-corrected chi connectivity index (χ0v) is 8.39. The van der Waals surface area contributed by atoms with Crippen molar-refractivity contribution in [1.82, 2.24) is 25.0 Å². The summed E-state index contributed by atoms with van der Waals surface area (Å²) in [5.74, 6) is 0.820. The van der Waals surface area contributed by atoms with Crippen LogP contribution in [-0.4, -0.2) is 25.0 Å². The third-order valence-corrected chi connectivity index (χ3v) is 2.05. The van der Waals surface area contributed by atoms with E-state index >= 15 is 0 Å². The fourth-order valence-electron chi connectivity index (χ4n) is 1.30. The summed E-state index contributed by atoms with van der Waals surface area (Å²) in [4.78, 5) is 0. The molecule has 0 aliphatic carbocycles. The number of rotatable bonds is 1. The maximum absolute atomic E-state index is 4.04. The van der Waals surface area contributed by atoms with Crippen molar-refractivity contribution in [3.63, 3.8) is 0 Å². The van der Waals surface area contributed by atoms with Gasteiger partial charge in [0.1, 0.15) is 6.33 Å². The highest BCUT2D eigenvalue weighted by molar-refractivity contribution is 5.57. The number of aromatic nitrogens is 5. The summed E-state index contributed by atoms with van der Waals surface area (Å²) in [6.07, 6.45) is 1.67. The second-order valence-corrected chi connectivity index (χ2v) is 3.25. The first kappa shape index (κ1) is 8.80. The summed E-state index contributed by atoms with van der Waals surface area (Å²) in [7, 11) is 1.91. The van der Waals surface area contributed by atoms with Gasteiger partial charge < -0.3 is 4.57 Å². The van der Waals surface area contributed by atoms with Crippen LogP contribution in [0.25, 0.3) is 11.4 Å². The smallest absolute Gasteiger partial charge is 0.165 e. The average molecular weight is 189 g/mol. The minimum atomic E-state index is 0.820. The van der Waals surface area contributed by atoms with Crippen molar-refractivity contribution < 1.29 is 0 Å². The van der Waals surface area contributed by atoms with Gasteiger partial charge in [-0.1, -0.05) is 0 Å². The van der Waals surface area contributed by atoms with E-state index in [0.29, 0.717) is 0 Å². The van der Waals surface area contributed by atoms with E-state index in [-0.39, 0.29) is 0 Å². The molecule has 0 spiro atoms. The summed E-state index contributed by atoms with van der Waals surface area (Å²) in [5, 5.41) is 15.9. The molecule has 0 atom stereocenters. The zero-order valence-electron chi connectivity index (χ0n) is 8.39. The Kier molecular flexibility index (Phi) is 1.99. The molecule has 0 aromatic carbocycles. The van der Waals surface area contributed by atoms with Gasteiger partial charge in [-0.05, 0) is 19.9 Å². The van der Waals surface area contributed by atoms with Crippen molar-refractivity contribution in [2.24, 2.45) is 7.05 Å². The zero-order chi connectivity index (χ0) is 10.1. The molecule has 0 aliphatic heterocycles. The minimum Gasteiger partial charge on any atom is -0.317 e. The van der Waals surface area contributed by atoms with Gasteiger partial charge in [0, 0.05) is 12.6 Å². The molecule has 2 aromatic rings. The number of hydrogen-bond donors (Lipinski definition) is 0. The van der Waals surface area contributed by atoms with Gasteiger partial charge in [-0.25, -0.2) is 0 Å². The molecule has 0 saturated heterocycles. The topological polar surface area (TPSA) is 56.5 Å².